The molecule has 122 valence electrons. The van der Waals surface area contributed by atoms with Crippen molar-refractivity contribution in [3.8, 4) is 6.07 Å². The van der Waals surface area contributed by atoms with Gasteiger partial charge in [0.15, 0.2) is 5.82 Å². The van der Waals surface area contributed by atoms with E-state index in [2.05, 4.69) is 21.6 Å². The first-order chi connectivity index (χ1) is 10.3. The quantitative estimate of drug-likeness (QED) is 0.809. The van der Waals surface area contributed by atoms with E-state index in [1.165, 1.54) is 0 Å². The van der Waals surface area contributed by atoms with Crippen molar-refractivity contribution in [3.63, 3.8) is 0 Å². The molecular formula is C17H28N4O. The van der Waals surface area contributed by atoms with Crippen molar-refractivity contribution in [2.24, 2.45) is 11.3 Å². The maximum Gasteiger partial charge on any atom is 0.166 e. The average molecular weight is 304 g/mol. The summed E-state index contributed by atoms with van der Waals surface area (Å²) in [6.45, 7) is 12.6. The van der Waals surface area contributed by atoms with Crippen molar-refractivity contribution in [3.05, 3.63) is 16.8 Å². The molecule has 1 rings (SSSR count). The molecular weight excluding hydrogens is 276 g/mol. The first kappa shape index (κ1) is 18.4. The third kappa shape index (κ3) is 3.95. The third-order valence-electron chi connectivity index (χ3n) is 4.10. The summed E-state index contributed by atoms with van der Waals surface area (Å²) in [5.74, 6) is 0.688. The zero-order valence-electron chi connectivity index (χ0n) is 14.6. The van der Waals surface area contributed by atoms with Crippen molar-refractivity contribution < 1.29 is 5.11 Å². The van der Waals surface area contributed by atoms with E-state index in [0.717, 1.165) is 24.1 Å². The lowest BCUT2D eigenvalue weighted by Crippen LogP contribution is -2.39. The highest BCUT2D eigenvalue weighted by Gasteiger charge is 2.30. The fourth-order valence-corrected chi connectivity index (χ4v) is 2.74. The molecule has 0 radical (unpaired) electrons. The van der Waals surface area contributed by atoms with Gasteiger partial charge in [-0.25, -0.2) is 0 Å². The Morgan fingerprint density at radius 2 is 1.86 bits per heavy atom. The molecule has 0 aromatic carbocycles. The van der Waals surface area contributed by atoms with Crippen LogP contribution in [0, 0.1) is 22.7 Å². The van der Waals surface area contributed by atoms with Gasteiger partial charge in [-0.1, -0.05) is 41.5 Å². The molecule has 0 aliphatic carbocycles. The molecule has 0 bridgehead atoms. The highest BCUT2D eigenvalue weighted by atomic mass is 16.3. The van der Waals surface area contributed by atoms with E-state index in [0.29, 0.717) is 17.9 Å². The monoisotopic (exact) mass is 304 g/mol. The molecule has 2 N–H and O–H groups in total. The standard InChI is InChI=1S/C17H28N4O/c1-7-12-13(9-18)16(21-20-14(12)8-2)19-10-17(5,6)15(22)11(3)4/h11,15,22H,7-8,10H2,1-6H3,(H,19,21). The molecule has 1 aromatic heterocycles. The summed E-state index contributed by atoms with van der Waals surface area (Å²) in [5.41, 5.74) is 2.10. The SMILES string of the molecule is CCc1nnc(NCC(C)(C)C(O)C(C)C)c(C#N)c1CC. The summed E-state index contributed by atoms with van der Waals surface area (Å²) in [4.78, 5) is 0. The number of nitrogens with zero attached hydrogens (tertiary/aromatic N) is 3. The van der Waals surface area contributed by atoms with E-state index in [1.807, 2.05) is 41.5 Å². The molecule has 1 heterocycles. The van der Waals surface area contributed by atoms with E-state index in [-0.39, 0.29) is 11.3 Å². The number of hydrogen-bond donors (Lipinski definition) is 2. The summed E-state index contributed by atoms with van der Waals surface area (Å²) in [7, 11) is 0. The van der Waals surface area contributed by atoms with E-state index >= 15 is 0 Å². The van der Waals surface area contributed by atoms with Crippen LogP contribution in [-0.4, -0.2) is 28.0 Å². The van der Waals surface area contributed by atoms with Gasteiger partial charge in [0.25, 0.3) is 0 Å². The van der Waals surface area contributed by atoms with Crippen molar-refractivity contribution in [2.75, 3.05) is 11.9 Å². The van der Waals surface area contributed by atoms with Crippen LogP contribution in [0.25, 0.3) is 0 Å². The molecule has 0 saturated heterocycles. The van der Waals surface area contributed by atoms with Gasteiger partial charge in [0.2, 0.25) is 0 Å². The molecule has 0 amide bonds. The molecule has 0 aliphatic rings. The lowest BCUT2D eigenvalue weighted by molar-refractivity contribution is 0.0210. The summed E-state index contributed by atoms with van der Waals surface area (Å²) in [5, 5.41) is 31.4. The van der Waals surface area contributed by atoms with Gasteiger partial charge in [-0.3, -0.25) is 0 Å². The lowest BCUT2D eigenvalue weighted by atomic mass is 9.80. The summed E-state index contributed by atoms with van der Waals surface area (Å²) >= 11 is 0. The van der Waals surface area contributed by atoms with Crippen LogP contribution in [0.3, 0.4) is 0 Å². The molecule has 1 unspecified atom stereocenters. The number of rotatable bonds is 7. The van der Waals surface area contributed by atoms with Crippen LogP contribution in [0.15, 0.2) is 0 Å². The molecule has 0 spiro atoms. The fraction of sp³-hybridized carbons (Fsp3) is 0.706. The number of aliphatic hydroxyl groups is 1. The minimum Gasteiger partial charge on any atom is -0.392 e. The van der Waals surface area contributed by atoms with Crippen molar-refractivity contribution >= 4 is 5.82 Å². The Kier molecular flexibility index (Phi) is 6.31. The molecule has 5 heteroatoms. The Balaban J connectivity index is 3.03. The number of aliphatic hydroxyl groups excluding tert-OH is 1. The van der Waals surface area contributed by atoms with E-state index < -0.39 is 6.10 Å². The maximum atomic E-state index is 10.3. The van der Waals surface area contributed by atoms with Gasteiger partial charge in [0.05, 0.1) is 11.8 Å². The molecule has 0 saturated carbocycles. The molecule has 1 atom stereocenters. The molecule has 1 aromatic rings. The van der Waals surface area contributed by atoms with Gasteiger partial charge in [-0.2, -0.15) is 10.4 Å². The van der Waals surface area contributed by atoms with Gasteiger partial charge in [0, 0.05) is 12.0 Å². The van der Waals surface area contributed by atoms with Gasteiger partial charge in [-0.05, 0) is 24.3 Å². The Morgan fingerprint density at radius 3 is 2.32 bits per heavy atom. The van der Waals surface area contributed by atoms with Gasteiger partial charge in [-0.15, -0.1) is 5.10 Å². The van der Waals surface area contributed by atoms with Crippen LogP contribution in [-0.2, 0) is 12.8 Å². The summed E-state index contributed by atoms with van der Waals surface area (Å²) in [6, 6.07) is 2.25. The predicted octanol–water partition coefficient (Wildman–Crippen LogP) is 2.93. The van der Waals surface area contributed by atoms with E-state index in [9.17, 15) is 10.4 Å². The van der Waals surface area contributed by atoms with Gasteiger partial charge < -0.3 is 10.4 Å². The van der Waals surface area contributed by atoms with Crippen LogP contribution in [0.2, 0.25) is 0 Å². The van der Waals surface area contributed by atoms with Crippen LogP contribution in [0.4, 0.5) is 5.82 Å². The van der Waals surface area contributed by atoms with Crippen LogP contribution in [0.1, 0.15) is 58.4 Å². The average Bonchev–Trinajstić information content (AvgIpc) is 2.50. The smallest absolute Gasteiger partial charge is 0.166 e. The maximum absolute atomic E-state index is 10.3. The Labute approximate surface area is 133 Å². The molecule has 5 nitrogen and oxygen atoms in total. The number of nitrogens with one attached hydrogen (secondary N) is 1. The van der Waals surface area contributed by atoms with E-state index in [4.69, 9.17) is 0 Å². The highest BCUT2D eigenvalue weighted by molar-refractivity contribution is 5.56. The van der Waals surface area contributed by atoms with E-state index in [1.54, 1.807) is 0 Å². The first-order valence-corrected chi connectivity index (χ1v) is 7.98. The van der Waals surface area contributed by atoms with Crippen LogP contribution >= 0.6 is 0 Å². The van der Waals surface area contributed by atoms with Gasteiger partial charge in [0.1, 0.15) is 11.6 Å². The minimum absolute atomic E-state index is 0.173. The number of aryl methyl sites for hydroxylation is 1. The Morgan fingerprint density at radius 1 is 1.23 bits per heavy atom. The molecule has 0 aliphatic heterocycles. The normalized spacial score (nSPS) is 13.0. The highest BCUT2D eigenvalue weighted by Crippen LogP contribution is 2.27. The van der Waals surface area contributed by atoms with Crippen molar-refractivity contribution in [1.29, 1.82) is 5.26 Å². The number of anilines is 1. The second kappa shape index (κ2) is 7.55. The predicted molar refractivity (Wildman–Crippen MR) is 88.6 cm³/mol. The topological polar surface area (TPSA) is 81.8 Å². The Bertz CT molecular complexity index is 546. The second-order valence-corrected chi connectivity index (χ2v) is 6.70. The number of hydrogen-bond acceptors (Lipinski definition) is 5. The number of aromatic nitrogens is 2. The van der Waals surface area contributed by atoms with Crippen LogP contribution < -0.4 is 5.32 Å². The van der Waals surface area contributed by atoms with Crippen molar-refractivity contribution in [2.45, 2.75) is 60.5 Å². The fourth-order valence-electron chi connectivity index (χ4n) is 2.74. The lowest BCUT2D eigenvalue weighted by Gasteiger charge is -2.33. The van der Waals surface area contributed by atoms with Gasteiger partial charge >= 0.3 is 0 Å². The zero-order valence-corrected chi connectivity index (χ0v) is 14.6. The number of nitriles is 1. The molecule has 22 heavy (non-hydrogen) atoms. The molecule has 0 fully saturated rings. The summed E-state index contributed by atoms with van der Waals surface area (Å²) in [6.07, 6.45) is 1.09. The second-order valence-electron chi connectivity index (χ2n) is 6.70. The largest absolute Gasteiger partial charge is 0.392 e. The summed E-state index contributed by atoms with van der Waals surface area (Å²) < 4.78 is 0. The first-order valence-electron chi connectivity index (χ1n) is 7.98. The third-order valence-corrected chi connectivity index (χ3v) is 4.10. The minimum atomic E-state index is -0.431. The Hall–Kier alpha value is -1.67. The van der Waals surface area contributed by atoms with Crippen LogP contribution in [0.5, 0.6) is 0 Å². The van der Waals surface area contributed by atoms with Crippen molar-refractivity contribution in [1.82, 2.24) is 10.2 Å². The zero-order chi connectivity index (χ0) is 16.9.